The van der Waals surface area contributed by atoms with Gasteiger partial charge in [-0.1, -0.05) is 13.8 Å². The van der Waals surface area contributed by atoms with Crippen LogP contribution in [0.2, 0.25) is 0 Å². The first-order valence-electron chi connectivity index (χ1n) is 7.42. The monoisotopic (exact) mass is 311 g/mol. The Balaban J connectivity index is 0.000000847. The van der Waals surface area contributed by atoms with Gasteiger partial charge in [-0.25, -0.2) is 0 Å². The van der Waals surface area contributed by atoms with Crippen LogP contribution in [-0.4, -0.2) is 16.3 Å². The second-order valence-corrected chi connectivity index (χ2v) is 4.99. The van der Waals surface area contributed by atoms with Gasteiger partial charge in [-0.05, 0) is 36.1 Å². The standard InChI is InChI=1S/C14H14F3N3.C2H6/c1-20-8-10(7-19-20)11-5-9-3-2-4-18-13(9)6-12(11)14(15,16)17;1-2/h5-8,18H,2-4H2,1H3;1-2H3. The van der Waals surface area contributed by atoms with Crippen molar-refractivity contribution in [2.45, 2.75) is 32.9 Å². The molecule has 0 saturated carbocycles. The quantitative estimate of drug-likeness (QED) is 0.841. The van der Waals surface area contributed by atoms with E-state index in [1.807, 2.05) is 13.8 Å². The first-order valence-corrected chi connectivity index (χ1v) is 7.42. The first kappa shape index (κ1) is 16.4. The summed E-state index contributed by atoms with van der Waals surface area (Å²) in [6, 6.07) is 2.86. The van der Waals surface area contributed by atoms with Crippen LogP contribution in [0.1, 0.15) is 31.4 Å². The molecule has 0 amide bonds. The third-order valence-electron chi connectivity index (χ3n) is 3.50. The largest absolute Gasteiger partial charge is 0.417 e. The van der Waals surface area contributed by atoms with Crippen LogP contribution in [0.15, 0.2) is 24.5 Å². The van der Waals surface area contributed by atoms with E-state index in [0.29, 0.717) is 11.3 Å². The minimum Gasteiger partial charge on any atom is -0.385 e. The highest BCUT2D eigenvalue weighted by molar-refractivity contribution is 5.73. The number of rotatable bonds is 1. The molecule has 1 aromatic carbocycles. The second kappa shape index (κ2) is 6.42. The van der Waals surface area contributed by atoms with E-state index in [1.54, 1.807) is 19.3 Å². The lowest BCUT2D eigenvalue weighted by molar-refractivity contribution is -0.137. The van der Waals surface area contributed by atoms with Gasteiger partial charge in [0.15, 0.2) is 0 Å². The van der Waals surface area contributed by atoms with Crippen LogP contribution in [0.5, 0.6) is 0 Å². The van der Waals surface area contributed by atoms with Gasteiger partial charge in [0, 0.05) is 31.0 Å². The molecule has 0 aliphatic carbocycles. The van der Waals surface area contributed by atoms with Crippen molar-refractivity contribution in [3.63, 3.8) is 0 Å². The van der Waals surface area contributed by atoms with Gasteiger partial charge < -0.3 is 5.32 Å². The molecule has 0 unspecified atom stereocenters. The number of aryl methyl sites for hydroxylation is 2. The molecule has 1 aliphatic heterocycles. The van der Waals surface area contributed by atoms with Gasteiger partial charge in [-0.15, -0.1) is 0 Å². The number of hydrogen-bond donors (Lipinski definition) is 1. The zero-order valence-corrected chi connectivity index (χ0v) is 13.0. The molecule has 1 N–H and O–H groups in total. The number of alkyl halides is 3. The van der Waals surface area contributed by atoms with E-state index in [2.05, 4.69) is 10.4 Å². The Morgan fingerprint density at radius 1 is 1.23 bits per heavy atom. The zero-order valence-electron chi connectivity index (χ0n) is 13.0. The van der Waals surface area contributed by atoms with E-state index in [4.69, 9.17) is 0 Å². The molecule has 2 aromatic rings. The molecular weight excluding hydrogens is 291 g/mol. The van der Waals surface area contributed by atoms with Gasteiger partial charge >= 0.3 is 6.18 Å². The van der Waals surface area contributed by atoms with Gasteiger partial charge in [0.05, 0.1) is 11.8 Å². The van der Waals surface area contributed by atoms with Crippen molar-refractivity contribution in [1.29, 1.82) is 0 Å². The van der Waals surface area contributed by atoms with Gasteiger partial charge in [0.2, 0.25) is 0 Å². The average Bonchev–Trinajstić information content (AvgIpc) is 2.93. The lowest BCUT2D eigenvalue weighted by Gasteiger charge is -2.22. The van der Waals surface area contributed by atoms with Crippen molar-refractivity contribution in [3.05, 3.63) is 35.7 Å². The normalized spacial score (nSPS) is 13.7. The van der Waals surface area contributed by atoms with Crippen LogP contribution < -0.4 is 5.32 Å². The van der Waals surface area contributed by atoms with Crippen molar-refractivity contribution in [1.82, 2.24) is 9.78 Å². The number of halogens is 3. The van der Waals surface area contributed by atoms with Gasteiger partial charge in [-0.3, -0.25) is 4.68 Å². The minimum absolute atomic E-state index is 0.202. The number of aromatic nitrogens is 2. The fourth-order valence-corrected chi connectivity index (χ4v) is 2.55. The number of nitrogens with one attached hydrogen (secondary N) is 1. The van der Waals surface area contributed by atoms with Gasteiger partial charge in [-0.2, -0.15) is 18.3 Å². The Morgan fingerprint density at radius 3 is 2.55 bits per heavy atom. The predicted molar refractivity (Wildman–Crippen MR) is 81.8 cm³/mol. The lowest BCUT2D eigenvalue weighted by atomic mass is 9.94. The molecule has 0 bridgehead atoms. The maximum Gasteiger partial charge on any atom is 0.417 e. The van der Waals surface area contributed by atoms with E-state index < -0.39 is 11.7 Å². The van der Waals surface area contributed by atoms with Crippen molar-refractivity contribution in [2.24, 2.45) is 7.05 Å². The number of anilines is 1. The summed E-state index contributed by atoms with van der Waals surface area (Å²) in [4.78, 5) is 0. The number of nitrogens with zero attached hydrogens (tertiary/aromatic N) is 2. The maximum atomic E-state index is 13.3. The zero-order chi connectivity index (χ0) is 16.3. The molecule has 0 fully saturated rings. The minimum atomic E-state index is -4.38. The first-order chi connectivity index (χ1) is 10.4. The van der Waals surface area contributed by atoms with Crippen LogP contribution in [0.4, 0.5) is 18.9 Å². The van der Waals surface area contributed by atoms with Crippen LogP contribution in [0, 0.1) is 0 Å². The highest BCUT2D eigenvalue weighted by Gasteiger charge is 2.35. The number of benzene rings is 1. The molecule has 3 rings (SSSR count). The third-order valence-corrected chi connectivity index (χ3v) is 3.50. The third kappa shape index (κ3) is 3.26. The predicted octanol–water partition coefficient (Wildman–Crippen LogP) is 4.49. The fourth-order valence-electron chi connectivity index (χ4n) is 2.55. The fraction of sp³-hybridized carbons (Fsp3) is 0.438. The average molecular weight is 311 g/mol. The number of fused-ring (bicyclic) bond motifs is 1. The van der Waals surface area contributed by atoms with E-state index in [1.165, 1.54) is 16.9 Å². The molecule has 0 radical (unpaired) electrons. The molecule has 22 heavy (non-hydrogen) atoms. The van der Waals surface area contributed by atoms with E-state index in [0.717, 1.165) is 24.9 Å². The lowest BCUT2D eigenvalue weighted by Crippen LogP contribution is -2.15. The summed E-state index contributed by atoms with van der Waals surface area (Å²) in [5.74, 6) is 0. The van der Waals surface area contributed by atoms with E-state index in [-0.39, 0.29) is 5.56 Å². The van der Waals surface area contributed by atoms with Gasteiger partial charge in [0.25, 0.3) is 0 Å². The van der Waals surface area contributed by atoms with Crippen LogP contribution in [-0.2, 0) is 19.6 Å². The van der Waals surface area contributed by atoms with Crippen molar-refractivity contribution in [3.8, 4) is 11.1 Å². The van der Waals surface area contributed by atoms with Crippen LogP contribution in [0.3, 0.4) is 0 Å². The molecule has 0 spiro atoms. The van der Waals surface area contributed by atoms with Crippen molar-refractivity contribution < 1.29 is 13.2 Å². The molecule has 1 aliphatic rings. The summed E-state index contributed by atoms with van der Waals surface area (Å²) in [5, 5.41) is 7.00. The number of hydrogen-bond acceptors (Lipinski definition) is 2. The SMILES string of the molecule is CC.Cn1cc(-c2cc3c(cc2C(F)(F)F)NCCC3)cn1. The van der Waals surface area contributed by atoms with Crippen molar-refractivity contribution in [2.75, 3.05) is 11.9 Å². The highest BCUT2D eigenvalue weighted by Crippen LogP contribution is 2.40. The topological polar surface area (TPSA) is 29.9 Å². The van der Waals surface area contributed by atoms with E-state index >= 15 is 0 Å². The summed E-state index contributed by atoms with van der Waals surface area (Å²) < 4.78 is 41.3. The molecule has 6 heteroatoms. The molecule has 3 nitrogen and oxygen atoms in total. The van der Waals surface area contributed by atoms with Crippen LogP contribution >= 0.6 is 0 Å². The van der Waals surface area contributed by atoms with E-state index in [9.17, 15) is 13.2 Å². The Kier molecular flexibility index (Phi) is 4.78. The molecule has 120 valence electrons. The Bertz CT molecular complexity index is 645. The highest BCUT2D eigenvalue weighted by atomic mass is 19.4. The second-order valence-electron chi connectivity index (χ2n) is 4.99. The molecule has 0 atom stereocenters. The van der Waals surface area contributed by atoms with Crippen molar-refractivity contribution >= 4 is 5.69 Å². The van der Waals surface area contributed by atoms with Gasteiger partial charge in [0.1, 0.15) is 0 Å². The summed E-state index contributed by atoms with van der Waals surface area (Å²) >= 11 is 0. The summed E-state index contributed by atoms with van der Waals surface area (Å²) in [6.07, 6.45) is 0.429. The summed E-state index contributed by atoms with van der Waals surface area (Å²) in [6.45, 7) is 4.72. The Labute approximate surface area is 128 Å². The molecular formula is C16H20F3N3. The molecule has 0 saturated heterocycles. The smallest absolute Gasteiger partial charge is 0.385 e. The Morgan fingerprint density at radius 2 is 1.95 bits per heavy atom. The summed E-state index contributed by atoms with van der Waals surface area (Å²) in [5.41, 5.74) is 1.61. The maximum absolute atomic E-state index is 13.3. The molecule has 1 aromatic heterocycles. The molecule has 2 heterocycles. The van der Waals surface area contributed by atoms with Crippen LogP contribution in [0.25, 0.3) is 11.1 Å². The summed E-state index contributed by atoms with van der Waals surface area (Å²) in [7, 11) is 1.69. The Hall–Kier alpha value is -1.98.